The van der Waals surface area contributed by atoms with Crippen LogP contribution in [0.5, 0.6) is 11.5 Å². The van der Waals surface area contributed by atoms with Gasteiger partial charge in [0.2, 0.25) is 0 Å². The van der Waals surface area contributed by atoms with Gasteiger partial charge in [-0.05, 0) is 30.7 Å². The highest BCUT2D eigenvalue weighted by Gasteiger charge is 1.95. The Bertz CT molecular complexity index is 279. The minimum absolute atomic E-state index is 0.425. The van der Waals surface area contributed by atoms with Gasteiger partial charge in [-0.3, -0.25) is 0 Å². The number of carbonyl (C=O) groups excluding carboxylic acids is 1. The zero-order valence-electron chi connectivity index (χ0n) is 8.94. The fourth-order valence-electron chi connectivity index (χ4n) is 1.08. The summed E-state index contributed by atoms with van der Waals surface area (Å²) in [6.07, 6.45) is 2.27. The van der Waals surface area contributed by atoms with Crippen LogP contribution in [0.25, 0.3) is 0 Å². The van der Waals surface area contributed by atoms with Crippen LogP contribution < -0.4 is 9.47 Å². The molecule has 0 unspecified atom stereocenters. The molecule has 1 rings (SSSR count). The molecular formula is C12H16O3. The quantitative estimate of drug-likeness (QED) is 0.510. The van der Waals surface area contributed by atoms with Crippen molar-refractivity contribution >= 4 is 6.29 Å². The molecule has 0 bridgehead atoms. The van der Waals surface area contributed by atoms with Crippen molar-refractivity contribution in [2.24, 2.45) is 0 Å². The first-order valence-electron chi connectivity index (χ1n) is 5.16. The maximum absolute atomic E-state index is 10.1. The molecule has 0 aliphatic carbocycles. The Labute approximate surface area is 90.0 Å². The number of hydrogen-bond donors (Lipinski definition) is 0. The first-order chi connectivity index (χ1) is 7.36. The summed E-state index contributed by atoms with van der Waals surface area (Å²) in [4.78, 5) is 10.1. The number of ether oxygens (including phenoxy) is 2. The van der Waals surface area contributed by atoms with Gasteiger partial charge in [-0.2, -0.15) is 0 Å². The van der Waals surface area contributed by atoms with Gasteiger partial charge in [-0.15, -0.1) is 0 Å². The summed E-state index contributed by atoms with van der Waals surface area (Å²) < 4.78 is 10.7. The molecule has 0 fully saturated rings. The molecule has 0 heterocycles. The summed E-state index contributed by atoms with van der Waals surface area (Å²) in [6.45, 7) is 3.22. The second-order valence-corrected chi connectivity index (χ2v) is 3.12. The predicted molar refractivity (Wildman–Crippen MR) is 58.4 cm³/mol. The third-order valence-electron chi connectivity index (χ3n) is 1.80. The molecule has 0 saturated carbocycles. The molecule has 0 amide bonds. The number of carbonyl (C=O) groups is 1. The lowest BCUT2D eigenvalue weighted by Gasteiger charge is -2.06. The lowest BCUT2D eigenvalue weighted by Crippen LogP contribution is -1.98. The zero-order valence-corrected chi connectivity index (χ0v) is 8.94. The number of aldehydes is 1. The van der Waals surface area contributed by atoms with E-state index in [2.05, 4.69) is 6.92 Å². The van der Waals surface area contributed by atoms with Crippen LogP contribution in [0.3, 0.4) is 0 Å². The van der Waals surface area contributed by atoms with E-state index >= 15 is 0 Å². The van der Waals surface area contributed by atoms with E-state index in [4.69, 9.17) is 9.47 Å². The molecule has 0 saturated heterocycles. The van der Waals surface area contributed by atoms with E-state index < -0.39 is 0 Å². The summed E-state index contributed by atoms with van der Waals surface area (Å²) in [7, 11) is 0. The Morgan fingerprint density at radius 2 is 1.60 bits per heavy atom. The third-order valence-corrected chi connectivity index (χ3v) is 1.80. The van der Waals surface area contributed by atoms with Crippen molar-refractivity contribution in [3.05, 3.63) is 24.3 Å². The van der Waals surface area contributed by atoms with E-state index in [1.807, 2.05) is 24.3 Å². The highest BCUT2D eigenvalue weighted by atomic mass is 16.5. The van der Waals surface area contributed by atoms with Crippen molar-refractivity contribution in [3.63, 3.8) is 0 Å². The lowest BCUT2D eigenvalue weighted by atomic mass is 10.3. The minimum atomic E-state index is 0.425. The minimum Gasteiger partial charge on any atom is -0.494 e. The largest absolute Gasteiger partial charge is 0.494 e. The van der Waals surface area contributed by atoms with Crippen LogP contribution >= 0.6 is 0 Å². The Kier molecular flexibility index (Phi) is 5.30. The molecule has 1 aromatic carbocycles. The first kappa shape index (κ1) is 11.6. The van der Waals surface area contributed by atoms with Gasteiger partial charge in [0.15, 0.2) is 0 Å². The molecular weight excluding hydrogens is 192 g/mol. The Morgan fingerprint density at radius 1 is 1.07 bits per heavy atom. The van der Waals surface area contributed by atoms with E-state index in [-0.39, 0.29) is 0 Å². The van der Waals surface area contributed by atoms with Gasteiger partial charge < -0.3 is 14.3 Å². The number of hydrogen-bond acceptors (Lipinski definition) is 3. The molecule has 82 valence electrons. The summed E-state index contributed by atoms with van der Waals surface area (Å²) in [5, 5.41) is 0. The van der Waals surface area contributed by atoms with E-state index in [0.29, 0.717) is 13.0 Å². The average Bonchev–Trinajstić information content (AvgIpc) is 2.28. The molecule has 0 radical (unpaired) electrons. The lowest BCUT2D eigenvalue weighted by molar-refractivity contribution is -0.108. The highest BCUT2D eigenvalue weighted by molar-refractivity contribution is 5.49. The van der Waals surface area contributed by atoms with Gasteiger partial charge in [0, 0.05) is 6.42 Å². The van der Waals surface area contributed by atoms with Crippen molar-refractivity contribution in [1.82, 2.24) is 0 Å². The predicted octanol–water partition coefficient (Wildman–Crippen LogP) is 2.44. The van der Waals surface area contributed by atoms with Gasteiger partial charge in [0.1, 0.15) is 17.8 Å². The van der Waals surface area contributed by atoms with Crippen LogP contribution in [-0.2, 0) is 4.79 Å². The molecule has 3 heteroatoms. The van der Waals surface area contributed by atoms with Gasteiger partial charge in [0.25, 0.3) is 0 Å². The third kappa shape index (κ3) is 4.49. The van der Waals surface area contributed by atoms with Gasteiger partial charge >= 0.3 is 0 Å². The second-order valence-electron chi connectivity index (χ2n) is 3.12. The van der Waals surface area contributed by atoms with E-state index in [1.165, 1.54) is 0 Å². The van der Waals surface area contributed by atoms with Gasteiger partial charge in [0.05, 0.1) is 13.2 Å². The monoisotopic (exact) mass is 208 g/mol. The van der Waals surface area contributed by atoms with Crippen LogP contribution in [0.15, 0.2) is 24.3 Å². The van der Waals surface area contributed by atoms with Crippen LogP contribution in [-0.4, -0.2) is 19.5 Å². The molecule has 0 atom stereocenters. The summed E-state index contributed by atoms with van der Waals surface area (Å²) >= 11 is 0. The maximum atomic E-state index is 10.1. The number of rotatable bonds is 7. The van der Waals surface area contributed by atoms with Crippen LogP contribution in [0.2, 0.25) is 0 Å². The normalized spacial score (nSPS) is 9.67. The van der Waals surface area contributed by atoms with Crippen LogP contribution in [0.4, 0.5) is 0 Å². The summed E-state index contributed by atoms with van der Waals surface area (Å²) in [5.74, 6) is 1.61. The van der Waals surface area contributed by atoms with Crippen molar-refractivity contribution in [2.45, 2.75) is 19.8 Å². The van der Waals surface area contributed by atoms with Crippen molar-refractivity contribution < 1.29 is 14.3 Å². The molecule has 15 heavy (non-hydrogen) atoms. The highest BCUT2D eigenvalue weighted by Crippen LogP contribution is 2.17. The van der Waals surface area contributed by atoms with Crippen molar-refractivity contribution in [1.29, 1.82) is 0 Å². The van der Waals surface area contributed by atoms with E-state index in [1.54, 1.807) is 0 Å². The molecule has 0 N–H and O–H groups in total. The second kappa shape index (κ2) is 6.87. The Hall–Kier alpha value is -1.51. The smallest absolute Gasteiger partial charge is 0.123 e. The van der Waals surface area contributed by atoms with Crippen LogP contribution in [0, 0.1) is 0 Å². The molecule has 0 spiro atoms. The summed E-state index contributed by atoms with van der Waals surface area (Å²) in [6, 6.07) is 7.42. The summed E-state index contributed by atoms with van der Waals surface area (Å²) in [5.41, 5.74) is 0. The molecule has 1 aromatic rings. The topological polar surface area (TPSA) is 35.5 Å². The molecule has 0 aliphatic rings. The SMILES string of the molecule is CCCOc1ccc(OCCC=O)cc1. The average molecular weight is 208 g/mol. The van der Waals surface area contributed by atoms with E-state index in [9.17, 15) is 4.79 Å². The maximum Gasteiger partial charge on any atom is 0.123 e. The standard InChI is InChI=1S/C12H16O3/c1-2-9-14-11-4-6-12(7-5-11)15-10-3-8-13/h4-8H,2-3,9-10H2,1H3. The number of benzene rings is 1. The molecule has 0 aromatic heterocycles. The van der Waals surface area contributed by atoms with Gasteiger partial charge in [-0.25, -0.2) is 0 Å². The van der Waals surface area contributed by atoms with Crippen molar-refractivity contribution in [3.8, 4) is 11.5 Å². The fourth-order valence-corrected chi connectivity index (χ4v) is 1.08. The zero-order chi connectivity index (χ0) is 10.9. The Balaban J connectivity index is 2.38. The van der Waals surface area contributed by atoms with Gasteiger partial charge in [-0.1, -0.05) is 6.92 Å². The van der Waals surface area contributed by atoms with Crippen LogP contribution in [0.1, 0.15) is 19.8 Å². The molecule has 0 aliphatic heterocycles. The Morgan fingerprint density at radius 3 is 2.07 bits per heavy atom. The van der Waals surface area contributed by atoms with E-state index in [0.717, 1.165) is 30.8 Å². The first-order valence-corrected chi connectivity index (χ1v) is 5.16. The molecule has 3 nitrogen and oxygen atoms in total. The fraction of sp³-hybridized carbons (Fsp3) is 0.417. The van der Waals surface area contributed by atoms with Crippen molar-refractivity contribution in [2.75, 3.05) is 13.2 Å².